The van der Waals surface area contributed by atoms with Gasteiger partial charge in [0.05, 0.1) is 0 Å². The van der Waals surface area contributed by atoms with Crippen LogP contribution in [0.1, 0.15) is 48.4 Å². The van der Waals surface area contributed by atoms with Crippen molar-refractivity contribution in [2.24, 2.45) is 5.41 Å². The third kappa shape index (κ3) is 1.44. The van der Waals surface area contributed by atoms with Crippen LogP contribution in [0.2, 0.25) is 0 Å². The molecule has 0 unspecified atom stereocenters. The van der Waals surface area contributed by atoms with Crippen LogP contribution >= 0.6 is 0 Å². The molecule has 18 heavy (non-hydrogen) atoms. The molecule has 1 saturated carbocycles. The molecule has 0 bridgehead atoms. The van der Waals surface area contributed by atoms with Gasteiger partial charge in [0.25, 0.3) is 5.91 Å². The zero-order valence-corrected chi connectivity index (χ0v) is 10.7. The summed E-state index contributed by atoms with van der Waals surface area (Å²) in [4.78, 5) is 19.0. The fourth-order valence-corrected chi connectivity index (χ4v) is 3.71. The van der Waals surface area contributed by atoms with Crippen LogP contribution in [-0.2, 0) is 13.0 Å². The Kier molecular flexibility index (Phi) is 2.11. The van der Waals surface area contributed by atoms with E-state index in [1.54, 1.807) is 0 Å². The zero-order chi connectivity index (χ0) is 12.2. The Morgan fingerprint density at radius 2 is 2.11 bits per heavy atom. The van der Waals surface area contributed by atoms with Gasteiger partial charge in [-0.1, -0.05) is 6.42 Å². The molecule has 0 aromatic carbocycles. The van der Waals surface area contributed by atoms with E-state index in [1.165, 1.54) is 32.1 Å². The number of hydrogen-bond donors (Lipinski definition) is 0. The Balaban J connectivity index is 1.52. The van der Waals surface area contributed by atoms with Gasteiger partial charge in [0, 0.05) is 32.3 Å². The summed E-state index contributed by atoms with van der Waals surface area (Å²) in [6, 6.07) is 0. The molecule has 1 spiro atoms. The largest absolute Gasteiger partial charge is 0.337 e. The van der Waals surface area contributed by atoms with Gasteiger partial charge in [-0.15, -0.1) is 0 Å². The van der Waals surface area contributed by atoms with Crippen LogP contribution in [0.5, 0.6) is 0 Å². The molecule has 3 heterocycles. The lowest BCUT2D eigenvalue weighted by atomic mass is 9.68. The number of carbonyl (C=O) groups is 1. The van der Waals surface area contributed by atoms with E-state index in [9.17, 15) is 4.79 Å². The van der Waals surface area contributed by atoms with Crippen LogP contribution in [-0.4, -0.2) is 33.4 Å². The molecule has 4 nitrogen and oxygen atoms in total. The average molecular weight is 245 g/mol. The molecular weight excluding hydrogens is 226 g/mol. The number of aromatic nitrogens is 2. The first-order chi connectivity index (χ1) is 8.76. The molecule has 4 rings (SSSR count). The van der Waals surface area contributed by atoms with E-state index in [0.717, 1.165) is 31.9 Å². The summed E-state index contributed by atoms with van der Waals surface area (Å²) in [5.74, 6) is 1.25. The monoisotopic (exact) mass is 245 g/mol. The number of imidazole rings is 1. The van der Waals surface area contributed by atoms with Gasteiger partial charge in [-0.3, -0.25) is 4.79 Å². The minimum atomic E-state index is 0.153. The van der Waals surface area contributed by atoms with E-state index in [-0.39, 0.29) is 5.91 Å². The van der Waals surface area contributed by atoms with Crippen LogP contribution in [0.3, 0.4) is 0 Å². The van der Waals surface area contributed by atoms with Gasteiger partial charge < -0.3 is 9.47 Å². The molecule has 1 aliphatic carbocycles. The molecule has 1 aromatic heterocycles. The highest BCUT2D eigenvalue weighted by Gasteiger charge is 2.44. The van der Waals surface area contributed by atoms with Gasteiger partial charge in [-0.05, 0) is 31.1 Å². The van der Waals surface area contributed by atoms with Gasteiger partial charge in [-0.25, -0.2) is 4.98 Å². The number of nitrogens with zero attached hydrogens (tertiary/aromatic N) is 3. The Hall–Kier alpha value is -1.32. The summed E-state index contributed by atoms with van der Waals surface area (Å²) < 4.78 is 2.14. The molecule has 1 aromatic rings. The molecule has 2 fully saturated rings. The minimum absolute atomic E-state index is 0.153. The molecular formula is C14H19N3O. The van der Waals surface area contributed by atoms with Crippen molar-refractivity contribution in [1.29, 1.82) is 0 Å². The highest BCUT2D eigenvalue weighted by molar-refractivity contribution is 5.92. The van der Waals surface area contributed by atoms with E-state index < -0.39 is 0 Å². The van der Waals surface area contributed by atoms with E-state index in [1.807, 2.05) is 11.1 Å². The molecule has 4 heteroatoms. The number of rotatable bonds is 1. The molecule has 96 valence electrons. The second kappa shape index (κ2) is 3.59. The summed E-state index contributed by atoms with van der Waals surface area (Å²) in [6.07, 6.45) is 9.33. The van der Waals surface area contributed by atoms with E-state index >= 15 is 0 Å². The SMILES string of the molecule is O=C(c1cn2c(n1)CCC2)N1CCC2(CCC2)C1. The van der Waals surface area contributed by atoms with Gasteiger partial charge in [0.1, 0.15) is 11.5 Å². The Labute approximate surface area is 107 Å². The fraction of sp³-hybridized carbons (Fsp3) is 0.714. The molecule has 0 N–H and O–H groups in total. The molecule has 1 saturated heterocycles. The first-order valence-corrected chi connectivity index (χ1v) is 7.11. The standard InChI is InChI=1S/C14H19N3O/c18-13(11-9-16-7-1-3-12(16)15-11)17-8-6-14(10-17)4-2-5-14/h9H,1-8,10H2. The summed E-state index contributed by atoms with van der Waals surface area (Å²) in [5.41, 5.74) is 1.15. The van der Waals surface area contributed by atoms with Crippen LogP contribution in [0, 0.1) is 5.41 Å². The molecule has 0 atom stereocenters. The van der Waals surface area contributed by atoms with Crippen molar-refractivity contribution in [3.63, 3.8) is 0 Å². The second-order valence-corrected chi connectivity index (χ2v) is 6.17. The normalized spacial score (nSPS) is 24.3. The van der Waals surface area contributed by atoms with Crippen molar-refractivity contribution in [2.75, 3.05) is 13.1 Å². The Morgan fingerprint density at radius 1 is 1.22 bits per heavy atom. The summed E-state index contributed by atoms with van der Waals surface area (Å²) in [7, 11) is 0. The summed E-state index contributed by atoms with van der Waals surface area (Å²) in [6.45, 7) is 2.93. The van der Waals surface area contributed by atoms with E-state index in [0.29, 0.717) is 11.1 Å². The number of amides is 1. The number of aryl methyl sites for hydroxylation is 2. The lowest BCUT2D eigenvalue weighted by Gasteiger charge is -2.37. The predicted molar refractivity (Wildman–Crippen MR) is 67.4 cm³/mol. The van der Waals surface area contributed by atoms with Crippen molar-refractivity contribution in [3.05, 3.63) is 17.7 Å². The highest BCUT2D eigenvalue weighted by Crippen LogP contribution is 2.48. The zero-order valence-electron chi connectivity index (χ0n) is 10.7. The van der Waals surface area contributed by atoms with Gasteiger partial charge in [0.2, 0.25) is 0 Å². The smallest absolute Gasteiger partial charge is 0.274 e. The van der Waals surface area contributed by atoms with Crippen molar-refractivity contribution in [3.8, 4) is 0 Å². The van der Waals surface area contributed by atoms with Crippen molar-refractivity contribution < 1.29 is 4.79 Å². The van der Waals surface area contributed by atoms with Gasteiger partial charge in [-0.2, -0.15) is 0 Å². The van der Waals surface area contributed by atoms with Crippen molar-refractivity contribution in [1.82, 2.24) is 14.5 Å². The second-order valence-electron chi connectivity index (χ2n) is 6.17. The number of carbonyl (C=O) groups excluding carboxylic acids is 1. The van der Waals surface area contributed by atoms with Crippen molar-refractivity contribution in [2.45, 2.75) is 45.1 Å². The fourth-order valence-electron chi connectivity index (χ4n) is 3.71. The summed E-state index contributed by atoms with van der Waals surface area (Å²) in [5, 5.41) is 0. The maximum absolute atomic E-state index is 12.4. The number of likely N-dealkylation sites (tertiary alicyclic amines) is 1. The van der Waals surface area contributed by atoms with Crippen LogP contribution in [0.25, 0.3) is 0 Å². The lowest BCUT2D eigenvalue weighted by molar-refractivity contribution is 0.0727. The van der Waals surface area contributed by atoms with Gasteiger partial charge in [0.15, 0.2) is 0 Å². The highest BCUT2D eigenvalue weighted by atomic mass is 16.2. The average Bonchev–Trinajstić information content (AvgIpc) is 3.00. The van der Waals surface area contributed by atoms with Crippen LogP contribution < -0.4 is 0 Å². The molecule has 3 aliphatic rings. The molecule has 0 radical (unpaired) electrons. The van der Waals surface area contributed by atoms with Crippen LogP contribution in [0.4, 0.5) is 0 Å². The molecule has 2 aliphatic heterocycles. The number of hydrogen-bond acceptors (Lipinski definition) is 2. The topological polar surface area (TPSA) is 38.1 Å². The van der Waals surface area contributed by atoms with Crippen molar-refractivity contribution >= 4 is 5.91 Å². The maximum Gasteiger partial charge on any atom is 0.274 e. The maximum atomic E-state index is 12.4. The third-order valence-corrected chi connectivity index (χ3v) is 5.02. The third-order valence-electron chi connectivity index (χ3n) is 5.02. The van der Waals surface area contributed by atoms with E-state index in [2.05, 4.69) is 9.55 Å². The summed E-state index contributed by atoms with van der Waals surface area (Å²) >= 11 is 0. The quantitative estimate of drug-likeness (QED) is 0.757. The minimum Gasteiger partial charge on any atom is -0.337 e. The van der Waals surface area contributed by atoms with Gasteiger partial charge >= 0.3 is 0 Å². The van der Waals surface area contributed by atoms with E-state index in [4.69, 9.17) is 0 Å². The lowest BCUT2D eigenvalue weighted by Crippen LogP contribution is -2.36. The molecule has 1 amide bonds. The van der Waals surface area contributed by atoms with Crippen LogP contribution in [0.15, 0.2) is 6.20 Å². The Bertz CT molecular complexity index is 480. The first kappa shape index (κ1) is 10.6. The predicted octanol–water partition coefficient (Wildman–Crippen LogP) is 1.85. The number of fused-ring (bicyclic) bond motifs is 1. The first-order valence-electron chi connectivity index (χ1n) is 7.11. The Morgan fingerprint density at radius 3 is 2.78 bits per heavy atom.